The molecule has 0 aliphatic carbocycles. The zero-order chi connectivity index (χ0) is 14.9. The molecular formula is C11H10BrClFN5O. The van der Waals surface area contributed by atoms with Gasteiger partial charge in [0.2, 0.25) is 11.9 Å². The molecule has 0 fully saturated rings. The molecule has 106 valence electrons. The highest BCUT2D eigenvalue weighted by Gasteiger charge is 2.12. The molecule has 1 aromatic heterocycles. The molecule has 1 heterocycles. The summed E-state index contributed by atoms with van der Waals surface area (Å²) >= 11 is 8.87. The maximum absolute atomic E-state index is 13.4. The van der Waals surface area contributed by atoms with Crippen molar-refractivity contribution in [3.63, 3.8) is 0 Å². The van der Waals surface area contributed by atoms with Crippen LogP contribution in [0.4, 0.5) is 16.3 Å². The monoisotopic (exact) mass is 361 g/mol. The zero-order valence-corrected chi connectivity index (χ0v) is 12.9. The Bertz CT molecular complexity index is 655. The number of nitrogens with zero attached hydrogens (tertiary/aromatic N) is 4. The number of hydrogen-bond acceptors (Lipinski definition) is 6. The Balaban J connectivity index is 2.37. The molecule has 2 N–H and O–H groups in total. The van der Waals surface area contributed by atoms with E-state index in [0.29, 0.717) is 10.4 Å². The first kappa shape index (κ1) is 14.7. The van der Waals surface area contributed by atoms with Gasteiger partial charge in [0.25, 0.3) is 0 Å². The van der Waals surface area contributed by atoms with Gasteiger partial charge in [0, 0.05) is 20.2 Å². The Morgan fingerprint density at radius 2 is 2.00 bits per heavy atom. The van der Waals surface area contributed by atoms with Gasteiger partial charge < -0.3 is 15.4 Å². The van der Waals surface area contributed by atoms with Crippen LogP contribution in [0.3, 0.4) is 0 Å². The maximum Gasteiger partial charge on any atom is 0.328 e. The third-order valence-corrected chi connectivity index (χ3v) is 3.11. The summed E-state index contributed by atoms with van der Waals surface area (Å²) in [5.74, 6) is -0.0933. The van der Waals surface area contributed by atoms with Crippen LogP contribution in [0.1, 0.15) is 0 Å². The number of aromatic nitrogens is 3. The van der Waals surface area contributed by atoms with Crippen molar-refractivity contribution in [2.24, 2.45) is 0 Å². The highest BCUT2D eigenvalue weighted by Crippen LogP contribution is 2.33. The topological polar surface area (TPSA) is 77.2 Å². The zero-order valence-electron chi connectivity index (χ0n) is 10.6. The molecule has 20 heavy (non-hydrogen) atoms. The van der Waals surface area contributed by atoms with Gasteiger partial charge >= 0.3 is 6.01 Å². The summed E-state index contributed by atoms with van der Waals surface area (Å²) in [5.41, 5.74) is 5.57. The van der Waals surface area contributed by atoms with Gasteiger partial charge in [-0.3, -0.25) is 0 Å². The molecule has 0 aliphatic heterocycles. The lowest BCUT2D eigenvalue weighted by Gasteiger charge is -2.12. The molecule has 6 nitrogen and oxygen atoms in total. The molecule has 0 saturated heterocycles. The number of anilines is 2. The van der Waals surface area contributed by atoms with Gasteiger partial charge in [-0.1, -0.05) is 11.6 Å². The number of rotatable bonds is 3. The van der Waals surface area contributed by atoms with E-state index < -0.39 is 5.82 Å². The number of ether oxygens (including phenoxy) is 1. The molecule has 0 spiro atoms. The first-order valence-electron chi connectivity index (χ1n) is 5.38. The van der Waals surface area contributed by atoms with Crippen molar-refractivity contribution in [3.05, 3.63) is 27.4 Å². The number of hydrogen-bond donors (Lipinski definition) is 1. The van der Waals surface area contributed by atoms with E-state index in [1.807, 2.05) is 0 Å². The molecule has 9 heteroatoms. The van der Waals surface area contributed by atoms with Crippen LogP contribution in [0.25, 0.3) is 0 Å². The van der Waals surface area contributed by atoms with E-state index in [0.717, 1.165) is 6.07 Å². The van der Waals surface area contributed by atoms with Crippen LogP contribution in [-0.2, 0) is 0 Å². The molecule has 0 aliphatic rings. The summed E-state index contributed by atoms with van der Waals surface area (Å²) in [7, 11) is 3.49. The molecule has 0 atom stereocenters. The number of halogens is 3. The van der Waals surface area contributed by atoms with Crippen molar-refractivity contribution in [2.75, 3.05) is 24.7 Å². The first-order chi connectivity index (χ1) is 9.36. The highest BCUT2D eigenvalue weighted by molar-refractivity contribution is 9.10. The lowest BCUT2D eigenvalue weighted by molar-refractivity contribution is 0.434. The van der Waals surface area contributed by atoms with E-state index in [4.69, 9.17) is 22.1 Å². The van der Waals surface area contributed by atoms with Gasteiger partial charge in [0.15, 0.2) is 0 Å². The Morgan fingerprint density at radius 3 is 2.65 bits per heavy atom. The van der Waals surface area contributed by atoms with E-state index >= 15 is 0 Å². The molecule has 0 saturated carbocycles. The second kappa shape index (κ2) is 5.76. The summed E-state index contributed by atoms with van der Waals surface area (Å²) in [6.07, 6.45) is 0. The number of benzene rings is 1. The normalized spacial score (nSPS) is 10.4. The largest absolute Gasteiger partial charge is 0.423 e. The van der Waals surface area contributed by atoms with E-state index in [1.165, 1.54) is 6.07 Å². The van der Waals surface area contributed by atoms with Crippen molar-refractivity contribution in [2.45, 2.75) is 0 Å². The molecule has 2 rings (SSSR count). The number of nitrogen functional groups attached to an aromatic ring is 1. The van der Waals surface area contributed by atoms with Crippen molar-refractivity contribution >= 4 is 39.4 Å². The average molecular weight is 363 g/mol. The fourth-order valence-corrected chi connectivity index (χ4v) is 2.01. The predicted octanol–water partition coefficient (Wildman–Crippen LogP) is 2.87. The third-order valence-electron chi connectivity index (χ3n) is 2.20. The summed E-state index contributed by atoms with van der Waals surface area (Å²) in [6.45, 7) is 0. The lowest BCUT2D eigenvalue weighted by Crippen LogP contribution is -2.15. The van der Waals surface area contributed by atoms with Crippen LogP contribution in [0.2, 0.25) is 5.02 Å². The van der Waals surface area contributed by atoms with Gasteiger partial charge in [-0.2, -0.15) is 15.0 Å². The van der Waals surface area contributed by atoms with Crippen molar-refractivity contribution in [3.8, 4) is 11.8 Å². The predicted molar refractivity (Wildman–Crippen MR) is 77.8 cm³/mol. The van der Waals surface area contributed by atoms with Crippen LogP contribution in [0.15, 0.2) is 16.6 Å². The van der Waals surface area contributed by atoms with Crippen molar-refractivity contribution < 1.29 is 9.13 Å². The minimum absolute atomic E-state index is 0.00394. The summed E-state index contributed by atoms with van der Waals surface area (Å²) in [4.78, 5) is 13.4. The van der Waals surface area contributed by atoms with Gasteiger partial charge in [-0.15, -0.1) is 0 Å². The van der Waals surface area contributed by atoms with Crippen LogP contribution < -0.4 is 15.4 Å². The molecule has 1 aromatic carbocycles. The average Bonchev–Trinajstić information content (AvgIpc) is 2.35. The molecule has 0 amide bonds. The SMILES string of the molecule is CN(C)c1nc(N)nc(Oc2cc(F)c(Cl)cc2Br)n1. The Kier molecular flexibility index (Phi) is 4.24. The fourth-order valence-electron chi connectivity index (χ4n) is 1.29. The summed E-state index contributed by atoms with van der Waals surface area (Å²) < 4.78 is 19.3. The van der Waals surface area contributed by atoms with E-state index in [-0.39, 0.29) is 22.7 Å². The van der Waals surface area contributed by atoms with Crippen LogP contribution >= 0.6 is 27.5 Å². The maximum atomic E-state index is 13.4. The smallest absolute Gasteiger partial charge is 0.328 e. The fraction of sp³-hybridized carbons (Fsp3) is 0.182. The summed E-state index contributed by atoms with van der Waals surface area (Å²) in [6, 6.07) is 2.47. The summed E-state index contributed by atoms with van der Waals surface area (Å²) in [5, 5.41) is -0.0200. The van der Waals surface area contributed by atoms with Crippen molar-refractivity contribution in [1.29, 1.82) is 0 Å². The van der Waals surface area contributed by atoms with E-state index in [1.54, 1.807) is 19.0 Å². The second-order valence-corrected chi connectivity index (χ2v) is 5.23. The van der Waals surface area contributed by atoms with Gasteiger partial charge in [0.1, 0.15) is 11.6 Å². The third kappa shape index (κ3) is 3.26. The Hall–Kier alpha value is -1.67. The molecule has 2 aromatic rings. The van der Waals surface area contributed by atoms with Gasteiger partial charge in [-0.25, -0.2) is 4.39 Å². The van der Waals surface area contributed by atoms with Crippen molar-refractivity contribution in [1.82, 2.24) is 15.0 Å². The Labute approximate surface area is 127 Å². The molecule has 0 radical (unpaired) electrons. The minimum Gasteiger partial charge on any atom is -0.423 e. The first-order valence-corrected chi connectivity index (χ1v) is 6.55. The van der Waals surface area contributed by atoms with Crippen LogP contribution in [0, 0.1) is 5.82 Å². The molecule has 0 unspecified atom stereocenters. The van der Waals surface area contributed by atoms with E-state index in [9.17, 15) is 4.39 Å². The second-order valence-electron chi connectivity index (χ2n) is 3.97. The van der Waals surface area contributed by atoms with E-state index in [2.05, 4.69) is 30.9 Å². The number of nitrogens with two attached hydrogens (primary N) is 1. The van der Waals surface area contributed by atoms with Gasteiger partial charge in [-0.05, 0) is 22.0 Å². The highest BCUT2D eigenvalue weighted by atomic mass is 79.9. The molecule has 0 bridgehead atoms. The quantitative estimate of drug-likeness (QED) is 0.846. The lowest BCUT2D eigenvalue weighted by atomic mass is 10.3. The van der Waals surface area contributed by atoms with Crippen LogP contribution in [0.5, 0.6) is 11.8 Å². The Morgan fingerprint density at radius 1 is 1.30 bits per heavy atom. The standard InChI is InChI=1S/C11H10BrClFN5O/c1-19(2)10-16-9(15)17-11(18-10)20-8-4-7(14)6(13)3-5(8)12/h3-4H,1-2H3,(H2,15,16,17,18). The van der Waals surface area contributed by atoms with Gasteiger partial charge in [0.05, 0.1) is 9.50 Å². The van der Waals surface area contributed by atoms with Crippen LogP contribution in [-0.4, -0.2) is 29.0 Å². The molecular weight excluding hydrogens is 353 g/mol. The minimum atomic E-state index is -0.611.